The van der Waals surface area contributed by atoms with Crippen LogP contribution in [0.15, 0.2) is 23.1 Å². The van der Waals surface area contributed by atoms with Crippen molar-refractivity contribution in [1.82, 2.24) is 4.57 Å². The van der Waals surface area contributed by atoms with Crippen LogP contribution < -0.4 is 10.9 Å². The second kappa shape index (κ2) is 7.50. The zero-order valence-corrected chi connectivity index (χ0v) is 12.4. The first-order chi connectivity index (χ1) is 9.65. The van der Waals surface area contributed by atoms with Crippen LogP contribution >= 0.6 is 11.8 Å². The fraction of sp³-hybridized carbons (Fsp3) is 0.571. The number of hydrogen-bond donors (Lipinski definition) is 1. The zero-order valence-electron chi connectivity index (χ0n) is 11.6. The van der Waals surface area contributed by atoms with Crippen molar-refractivity contribution in [2.45, 2.75) is 25.4 Å². The normalized spacial score (nSPS) is 18.8. The van der Waals surface area contributed by atoms with Crippen molar-refractivity contribution in [2.75, 3.05) is 23.4 Å². The maximum absolute atomic E-state index is 11.8. The van der Waals surface area contributed by atoms with Crippen molar-refractivity contribution in [3.8, 4) is 0 Å². The van der Waals surface area contributed by atoms with Crippen molar-refractivity contribution in [2.24, 2.45) is 7.05 Å². The van der Waals surface area contributed by atoms with Gasteiger partial charge in [0.05, 0.1) is 11.9 Å². The lowest BCUT2D eigenvalue weighted by Crippen LogP contribution is -2.23. The van der Waals surface area contributed by atoms with Gasteiger partial charge in [0.1, 0.15) is 0 Å². The minimum absolute atomic E-state index is 0.0842. The summed E-state index contributed by atoms with van der Waals surface area (Å²) in [6, 6.07) is 3.14. The van der Waals surface area contributed by atoms with E-state index in [1.54, 1.807) is 31.1 Å². The SMILES string of the molecule is Cn1ccc(NC(=O)CSCC2CCCCO2)cc1=O. The fourth-order valence-electron chi connectivity index (χ4n) is 2.05. The summed E-state index contributed by atoms with van der Waals surface area (Å²) in [4.78, 5) is 23.2. The number of carbonyl (C=O) groups excluding carboxylic acids is 1. The molecule has 1 fully saturated rings. The molecule has 1 saturated heterocycles. The Kier molecular flexibility index (Phi) is 5.67. The van der Waals surface area contributed by atoms with Gasteiger partial charge in [-0.2, -0.15) is 0 Å². The molecular weight excluding hydrogens is 276 g/mol. The molecule has 1 aliphatic heterocycles. The fourth-order valence-corrected chi connectivity index (χ4v) is 2.95. The molecule has 1 atom stereocenters. The molecule has 0 radical (unpaired) electrons. The summed E-state index contributed by atoms with van der Waals surface area (Å²) in [5.41, 5.74) is 0.415. The van der Waals surface area contributed by atoms with Gasteiger partial charge in [-0.05, 0) is 25.3 Å². The Labute approximate surface area is 122 Å². The molecule has 0 saturated carbocycles. The Morgan fingerprint density at radius 2 is 2.40 bits per heavy atom. The highest BCUT2D eigenvalue weighted by Crippen LogP contribution is 2.17. The van der Waals surface area contributed by atoms with E-state index in [0.717, 1.165) is 25.2 Å². The molecule has 6 heteroatoms. The number of ether oxygens (including phenoxy) is 1. The Balaban J connectivity index is 1.72. The van der Waals surface area contributed by atoms with Crippen LogP contribution in [-0.2, 0) is 16.6 Å². The topological polar surface area (TPSA) is 60.3 Å². The van der Waals surface area contributed by atoms with E-state index in [0.29, 0.717) is 11.4 Å². The predicted octanol–water partition coefficient (Wildman–Crippen LogP) is 1.63. The number of aryl methyl sites for hydroxylation is 1. The summed E-state index contributed by atoms with van der Waals surface area (Å²) in [6.45, 7) is 0.838. The lowest BCUT2D eigenvalue weighted by molar-refractivity contribution is -0.113. The van der Waals surface area contributed by atoms with Gasteiger partial charge >= 0.3 is 0 Å². The maximum atomic E-state index is 11.8. The smallest absolute Gasteiger partial charge is 0.252 e. The van der Waals surface area contributed by atoms with E-state index >= 15 is 0 Å². The molecule has 1 aromatic rings. The molecule has 2 heterocycles. The summed E-state index contributed by atoms with van der Waals surface area (Å²) in [5, 5.41) is 2.73. The van der Waals surface area contributed by atoms with Crippen LogP contribution in [0.4, 0.5) is 5.69 Å². The molecule has 1 aliphatic rings. The van der Waals surface area contributed by atoms with Gasteiger partial charge in [0, 0.05) is 37.4 Å². The van der Waals surface area contributed by atoms with Crippen LogP contribution in [-0.4, -0.2) is 34.7 Å². The standard InChI is InChI=1S/C14H20N2O3S/c1-16-6-5-11(8-14(16)18)15-13(17)10-20-9-12-4-2-3-7-19-12/h5-6,8,12H,2-4,7,9-10H2,1H3,(H,15,17). The van der Waals surface area contributed by atoms with Crippen LogP contribution in [0.25, 0.3) is 0 Å². The van der Waals surface area contributed by atoms with E-state index in [9.17, 15) is 9.59 Å². The van der Waals surface area contributed by atoms with Crippen molar-refractivity contribution in [3.05, 3.63) is 28.7 Å². The molecule has 2 rings (SSSR count). The first kappa shape index (κ1) is 15.1. The average molecular weight is 296 g/mol. The Morgan fingerprint density at radius 3 is 3.10 bits per heavy atom. The van der Waals surface area contributed by atoms with Gasteiger partial charge in [-0.15, -0.1) is 11.8 Å². The highest BCUT2D eigenvalue weighted by atomic mass is 32.2. The molecule has 0 bridgehead atoms. The number of thioether (sulfide) groups is 1. The highest BCUT2D eigenvalue weighted by molar-refractivity contribution is 8.00. The minimum atomic E-state index is -0.133. The molecule has 5 nitrogen and oxygen atoms in total. The van der Waals surface area contributed by atoms with E-state index in [4.69, 9.17) is 4.74 Å². The largest absolute Gasteiger partial charge is 0.377 e. The van der Waals surface area contributed by atoms with E-state index in [-0.39, 0.29) is 17.6 Å². The molecule has 1 N–H and O–H groups in total. The lowest BCUT2D eigenvalue weighted by atomic mass is 10.1. The second-order valence-electron chi connectivity index (χ2n) is 4.92. The molecule has 0 aromatic carbocycles. The van der Waals surface area contributed by atoms with Crippen LogP contribution in [0.5, 0.6) is 0 Å². The van der Waals surface area contributed by atoms with Crippen LogP contribution in [0.3, 0.4) is 0 Å². The van der Waals surface area contributed by atoms with Crippen molar-refractivity contribution in [1.29, 1.82) is 0 Å². The molecule has 0 aliphatic carbocycles. The van der Waals surface area contributed by atoms with Gasteiger partial charge in [-0.25, -0.2) is 0 Å². The first-order valence-corrected chi connectivity index (χ1v) is 7.96. The molecule has 20 heavy (non-hydrogen) atoms. The highest BCUT2D eigenvalue weighted by Gasteiger charge is 2.14. The summed E-state index contributed by atoms with van der Waals surface area (Å²) in [7, 11) is 1.67. The van der Waals surface area contributed by atoms with Gasteiger partial charge in [0.2, 0.25) is 5.91 Å². The first-order valence-electron chi connectivity index (χ1n) is 6.81. The molecule has 110 valence electrons. The van der Waals surface area contributed by atoms with E-state index in [1.807, 2.05) is 0 Å². The van der Waals surface area contributed by atoms with Gasteiger partial charge < -0.3 is 14.6 Å². The number of carbonyl (C=O) groups is 1. The zero-order chi connectivity index (χ0) is 14.4. The summed E-state index contributed by atoms with van der Waals surface area (Å²) < 4.78 is 7.07. The van der Waals surface area contributed by atoms with Crippen molar-refractivity contribution in [3.63, 3.8) is 0 Å². The van der Waals surface area contributed by atoms with Gasteiger partial charge in [-0.1, -0.05) is 0 Å². The van der Waals surface area contributed by atoms with E-state index in [1.165, 1.54) is 17.1 Å². The van der Waals surface area contributed by atoms with E-state index in [2.05, 4.69) is 5.32 Å². The third kappa shape index (κ3) is 4.68. The summed E-state index contributed by atoms with van der Waals surface area (Å²) >= 11 is 1.57. The Morgan fingerprint density at radius 1 is 1.55 bits per heavy atom. The minimum Gasteiger partial charge on any atom is -0.377 e. The number of hydrogen-bond acceptors (Lipinski definition) is 4. The van der Waals surface area contributed by atoms with Gasteiger partial charge in [0.25, 0.3) is 5.56 Å². The number of rotatable bonds is 5. The number of nitrogens with one attached hydrogen (secondary N) is 1. The van der Waals surface area contributed by atoms with Crippen LogP contribution in [0.2, 0.25) is 0 Å². The van der Waals surface area contributed by atoms with Gasteiger partial charge in [-0.3, -0.25) is 9.59 Å². The average Bonchev–Trinajstić information content (AvgIpc) is 2.44. The number of nitrogens with zero attached hydrogens (tertiary/aromatic N) is 1. The van der Waals surface area contributed by atoms with Crippen LogP contribution in [0, 0.1) is 0 Å². The summed E-state index contributed by atoms with van der Waals surface area (Å²) in [6.07, 6.45) is 5.37. The van der Waals surface area contributed by atoms with Crippen molar-refractivity contribution < 1.29 is 9.53 Å². The maximum Gasteiger partial charge on any atom is 0.252 e. The lowest BCUT2D eigenvalue weighted by Gasteiger charge is -2.21. The quantitative estimate of drug-likeness (QED) is 0.897. The molecule has 1 aromatic heterocycles. The summed E-state index contributed by atoms with van der Waals surface area (Å²) in [5.74, 6) is 1.15. The van der Waals surface area contributed by atoms with Crippen LogP contribution in [0.1, 0.15) is 19.3 Å². The molecule has 1 unspecified atom stereocenters. The van der Waals surface area contributed by atoms with E-state index < -0.39 is 0 Å². The third-order valence-corrected chi connectivity index (χ3v) is 4.27. The molecule has 0 spiro atoms. The number of amides is 1. The molecular formula is C14H20N2O3S. The Hall–Kier alpha value is -1.27. The number of pyridine rings is 1. The number of aromatic nitrogens is 1. The Bertz CT molecular complexity index is 509. The van der Waals surface area contributed by atoms with Crippen molar-refractivity contribution >= 4 is 23.4 Å². The molecule has 1 amide bonds. The number of anilines is 1. The third-order valence-electron chi connectivity index (χ3n) is 3.20. The monoisotopic (exact) mass is 296 g/mol. The predicted molar refractivity (Wildman–Crippen MR) is 81.2 cm³/mol. The second-order valence-corrected chi connectivity index (χ2v) is 5.95. The van der Waals surface area contributed by atoms with Gasteiger partial charge in [0.15, 0.2) is 0 Å².